The number of sulfonamides is 1. The van der Waals surface area contributed by atoms with E-state index in [-0.39, 0.29) is 4.90 Å². The summed E-state index contributed by atoms with van der Waals surface area (Å²) in [4.78, 5) is 2.37. The van der Waals surface area contributed by atoms with Crippen molar-refractivity contribution in [2.45, 2.75) is 24.3 Å². The molecule has 1 atom stereocenters. The molecule has 98 valence electrons. The zero-order chi connectivity index (χ0) is 13.5. The van der Waals surface area contributed by atoms with E-state index in [2.05, 4.69) is 34.3 Å². The van der Waals surface area contributed by atoms with Gasteiger partial charge >= 0.3 is 0 Å². The average Bonchev–Trinajstić information content (AvgIpc) is 2.53. The predicted octanol–water partition coefficient (Wildman–Crippen LogP) is 1.99. The Hall–Kier alpha value is -0.850. The molecular formula is C12H15BrN2O2S. The fourth-order valence-corrected chi connectivity index (χ4v) is 3.11. The maximum atomic E-state index is 11.3. The molecule has 0 aromatic heterocycles. The smallest absolute Gasteiger partial charge is 0.238 e. The number of anilines is 1. The molecule has 18 heavy (non-hydrogen) atoms. The largest absolute Gasteiger partial charge is 0.363 e. The van der Waals surface area contributed by atoms with Gasteiger partial charge in [-0.25, -0.2) is 13.6 Å². The molecule has 0 radical (unpaired) electrons. The van der Waals surface area contributed by atoms with Gasteiger partial charge in [-0.05, 0) is 37.1 Å². The van der Waals surface area contributed by atoms with E-state index in [1.165, 1.54) is 0 Å². The topological polar surface area (TPSA) is 63.4 Å². The standard InChI is InChI=1S/C12H15BrN2O2S/c1-8(13)7-15-9(2)5-10-6-11(18(14,16)17)3-4-12(10)15/h3-4,6,9H,1,5,7H2,2H3,(H2,14,16,17)/t9-/m0/s1. The zero-order valence-electron chi connectivity index (χ0n) is 10.1. The Morgan fingerprint density at radius 2 is 2.28 bits per heavy atom. The second-order valence-electron chi connectivity index (χ2n) is 4.53. The van der Waals surface area contributed by atoms with Gasteiger partial charge in [-0.1, -0.05) is 22.5 Å². The fraction of sp³-hybridized carbons (Fsp3) is 0.333. The van der Waals surface area contributed by atoms with Crippen LogP contribution in [-0.2, 0) is 16.4 Å². The number of benzene rings is 1. The Balaban J connectivity index is 2.41. The van der Waals surface area contributed by atoms with Gasteiger partial charge in [0.2, 0.25) is 10.0 Å². The van der Waals surface area contributed by atoms with E-state index in [1.807, 2.05) is 6.07 Å². The molecule has 4 nitrogen and oxygen atoms in total. The molecule has 0 bridgehead atoms. The molecule has 1 aliphatic rings. The first-order chi connectivity index (χ1) is 8.29. The summed E-state index contributed by atoms with van der Waals surface area (Å²) in [6.07, 6.45) is 0.818. The number of hydrogen-bond donors (Lipinski definition) is 1. The van der Waals surface area contributed by atoms with Crippen molar-refractivity contribution in [1.82, 2.24) is 0 Å². The minimum absolute atomic E-state index is 0.174. The van der Waals surface area contributed by atoms with Crippen LogP contribution in [0.5, 0.6) is 0 Å². The van der Waals surface area contributed by atoms with E-state index in [9.17, 15) is 8.42 Å². The third kappa shape index (κ3) is 2.60. The van der Waals surface area contributed by atoms with E-state index in [1.54, 1.807) is 12.1 Å². The lowest BCUT2D eigenvalue weighted by atomic mass is 10.1. The van der Waals surface area contributed by atoms with E-state index in [0.29, 0.717) is 12.6 Å². The SMILES string of the molecule is C=C(Br)CN1c2ccc(S(N)(=O)=O)cc2C[C@@H]1C. The number of rotatable bonds is 3. The molecule has 0 spiro atoms. The summed E-state index contributed by atoms with van der Waals surface area (Å²) in [6.45, 7) is 6.66. The van der Waals surface area contributed by atoms with Crippen LogP contribution in [0.15, 0.2) is 34.2 Å². The van der Waals surface area contributed by atoms with Crippen molar-refractivity contribution in [2.24, 2.45) is 5.14 Å². The Morgan fingerprint density at radius 3 is 2.83 bits per heavy atom. The van der Waals surface area contributed by atoms with Gasteiger partial charge in [0.15, 0.2) is 0 Å². The molecule has 1 aliphatic heterocycles. The first kappa shape index (κ1) is 13.6. The molecule has 0 saturated heterocycles. The van der Waals surface area contributed by atoms with Gasteiger partial charge in [-0.15, -0.1) is 0 Å². The first-order valence-corrected chi connectivity index (χ1v) is 7.88. The van der Waals surface area contributed by atoms with Crippen LogP contribution in [0.3, 0.4) is 0 Å². The molecular weight excluding hydrogens is 316 g/mol. The van der Waals surface area contributed by atoms with Crippen molar-refractivity contribution < 1.29 is 8.42 Å². The van der Waals surface area contributed by atoms with Gasteiger partial charge in [-0.3, -0.25) is 0 Å². The summed E-state index contributed by atoms with van der Waals surface area (Å²) in [5.41, 5.74) is 2.07. The summed E-state index contributed by atoms with van der Waals surface area (Å²) >= 11 is 3.36. The van der Waals surface area contributed by atoms with Gasteiger partial charge in [0.25, 0.3) is 0 Å². The molecule has 1 aromatic carbocycles. The number of halogens is 1. The van der Waals surface area contributed by atoms with E-state index < -0.39 is 10.0 Å². The maximum absolute atomic E-state index is 11.3. The fourth-order valence-electron chi connectivity index (χ4n) is 2.27. The van der Waals surface area contributed by atoms with E-state index in [4.69, 9.17) is 5.14 Å². The Kier molecular flexibility index (Phi) is 3.53. The van der Waals surface area contributed by atoms with Gasteiger partial charge in [0, 0.05) is 22.8 Å². The second-order valence-corrected chi connectivity index (χ2v) is 7.22. The highest BCUT2D eigenvalue weighted by atomic mass is 79.9. The lowest BCUT2D eigenvalue weighted by molar-refractivity contribution is 0.597. The van der Waals surface area contributed by atoms with Gasteiger partial charge in [0.1, 0.15) is 0 Å². The molecule has 0 fully saturated rings. The molecule has 0 aliphatic carbocycles. The van der Waals surface area contributed by atoms with Crippen LogP contribution in [0.4, 0.5) is 5.69 Å². The highest BCUT2D eigenvalue weighted by Gasteiger charge is 2.27. The lowest BCUT2D eigenvalue weighted by Crippen LogP contribution is -2.30. The van der Waals surface area contributed by atoms with Crippen molar-refractivity contribution in [3.05, 3.63) is 34.8 Å². The average molecular weight is 331 g/mol. The summed E-state index contributed by atoms with van der Waals surface area (Å²) in [5, 5.41) is 5.14. The van der Waals surface area contributed by atoms with Gasteiger partial charge in [0.05, 0.1) is 4.90 Å². The van der Waals surface area contributed by atoms with Crippen LogP contribution in [0, 0.1) is 0 Å². The van der Waals surface area contributed by atoms with Crippen molar-refractivity contribution in [1.29, 1.82) is 0 Å². The summed E-state index contributed by atoms with van der Waals surface area (Å²) < 4.78 is 23.5. The first-order valence-electron chi connectivity index (χ1n) is 5.54. The van der Waals surface area contributed by atoms with Gasteiger partial charge in [-0.2, -0.15) is 0 Å². The molecule has 1 heterocycles. The highest BCUT2D eigenvalue weighted by Crippen LogP contribution is 2.34. The van der Waals surface area contributed by atoms with Crippen LogP contribution in [0.2, 0.25) is 0 Å². The molecule has 1 aromatic rings. The predicted molar refractivity (Wildman–Crippen MR) is 76.4 cm³/mol. The van der Waals surface area contributed by atoms with Crippen molar-refractivity contribution in [3.8, 4) is 0 Å². The summed E-state index contributed by atoms with van der Waals surface area (Å²) in [7, 11) is -3.63. The van der Waals surface area contributed by atoms with E-state index in [0.717, 1.165) is 22.2 Å². The lowest BCUT2D eigenvalue weighted by Gasteiger charge is -2.24. The Labute approximate surface area is 116 Å². The molecule has 0 amide bonds. The molecule has 0 unspecified atom stereocenters. The minimum Gasteiger partial charge on any atom is -0.363 e. The van der Waals surface area contributed by atoms with Crippen LogP contribution in [0.1, 0.15) is 12.5 Å². The quantitative estimate of drug-likeness (QED) is 0.921. The van der Waals surface area contributed by atoms with Crippen LogP contribution >= 0.6 is 15.9 Å². The summed E-state index contributed by atoms with van der Waals surface area (Å²) in [5.74, 6) is 0. The van der Waals surface area contributed by atoms with Crippen LogP contribution in [0.25, 0.3) is 0 Å². The Morgan fingerprint density at radius 1 is 1.61 bits per heavy atom. The Bertz CT molecular complexity index is 598. The van der Waals surface area contributed by atoms with E-state index >= 15 is 0 Å². The van der Waals surface area contributed by atoms with Crippen molar-refractivity contribution >= 4 is 31.6 Å². The molecule has 2 N–H and O–H groups in total. The molecule has 0 saturated carbocycles. The molecule has 6 heteroatoms. The highest BCUT2D eigenvalue weighted by molar-refractivity contribution is 9.11. The maximum Gasteiger partial charge on any atom is 0.238 e. The number of hydrogen-bond acceptors (Lipinski definition) is 3. The number of primary sulfonamides is 1. The van der Waals surface area contributed by atoms with Crippen LogP contribution < -0.4 is 10.0 Å². The second kappa shape index (κ2) is 4.68. The van der Waals surface area contributed by atoms with Crippen molar-refractivity contribution in [3.63, 3.8) is 0 Å². The minimum atomic E-state index is -3.63. The third-order valence-electron chi connectivity index (χ3n) is 3.08. The van der Waals surface area contributed by atoms with Crippen LogP contribution in [-0.4, -0.2) is 21.0 Å². The van der Waals surface area contributed by atoms with Gasteiger partial charge < -0.3 is 4.90 Å². The normalized spacial score (nSPS) is 18.8. The van der Waals surface area contributed by atoms with Crippen molar-refractivity contribution in [2.75, 3.05) is 11.4 Å². The monoisotopic (exact) mass is 330 g/mol. The number of fused-ring (bicyclic) bond motifs is 1. The number of nitrogens with zero attached hydrogens (tertiary/aromatic N) is 1. The number of nitrogens with two attached hydrogens (primary N) is 1. The zero-order valence-corrected chi connectivity index (χ0v) is 12.5. The third-order valence-corrected chi connectivity index (χ3v) is 4.24. The molecule has 2 rings (SSSR count). The summed E-state index contributed by atoms with van der Waals surface area (Å²) in [6, 6.07) is 5.35.